The van der Waals surface area contributed by atoms with E-state index >= 15 is 0 Å². The summed E-state index contributed by atoms with van der Waals surface area (Å²) >= 11 is 0. The molecule has 4 saturated heterocycles. The van der Waals surface area contributed by atoms with Crippen LogP contribution in [0.5, 0.6) is 0 Å². The number of unbranched alkanes of at least 4 members (excludes halogenated alkanes) is 5. The van der Waals surface area contributed by atoms with Crippen LogP contribution in [0.15, 0.2) is 0 Å². The molecule has 0 aromatic carbocycles. The first-order valence-corrected chi connectivity index (χ1v) is 24.3. The molecule has 4 heterocycles. The predicted octanol–water partition coefficient (Wildman–Crippen LogP) is 10.1. The van der Waals surface area contributed by atoms with E-state index in [1.165, 1.54) is 0 Å². The number of hydrogen-bond donors (Lipinski definition) is 0. The first kappa shape index (κ1) is 53.2. The molecule has 0 unspecified atom stereocenters. The lowest BCUT2D eigenvalue weighted by molar-refractivity contribution is -0.283. The zero-order chi connectivity index (χ0) is 47.1. The lowest BCUT2D eigenvalue weighted by Crippen LogP contribution is -2.68. The molecule has 4 aliphatic heterocycles. The van der Waals surface area contributed by atoms with Gasteiger partial charge in [-0.15, -0.1) is 0 Å². The average molecular weight is 877 g/mol. The molecule has 0 N–H and O–H groups in total. The van der Waals surface area contributed by atoms with Crippen molar-refractivity contribution in [2.24, 2.45) is 0 Å². The maximum atomic E-state index is 14.6. The van der Waals surface area contributed by atoms with Crippen molar-refractivity contribution in [3.8, 4) is 0 Å². The summed E-state index contributed by atoms with van der Waals surface area (Å²) in [5.41, 5.74) is -1.78. The van der Waals surface area contributed by atoms with Crippen molar-refractivity contribution < 1.29 is 28.9 Å². The highest BCUT2D eigenvalue weighted by Gasteiger charge is 2.55. The van der Waals surface area contributed by atoms with E-state index in [2.05, 4.69) is 141 Å². The van der Waals surface area contributed by atoms with Crippen molar-refractivity contribution in [2.75, 3.05) is 28.4 Å². The van der Waals surface area contributed by atoms with Crippen LogP contribution >= 0.6 is 0 Å². The molecule has 4 fully saturated rings. The average Bonchev–Trinajstić information content (AvgIpc) is 3.06. The van der Waals surface area contributed by atoms with E-state index in [0.717, 1.165) is 89.9 Å². The van der Waals surface area contributed by atoms with Gasteiger partial charge in [0.2, 0.25) is 11.8 Å². The van der Waals surface area contributed by atoms with Gasteiger partial charge in [0.1, 0.15) is 0 Å². The Kier molecular flexibility index (Phi) is 16.7. The maximum Gasteiger partial charge on any atom is 0.223 e. The SMILES string of the molecule is CON1C(C)(C)CC(N(C(=O)CCCCCCCCC(=O)N(C2CC(C)(C)N(OC)C(C)(C)C2)C2CC(C)(C)N(OC)C(C)(C)C2)C2CC(C)(C)N(OC)C(C)(C)C2)CC1(C)C. The summed E-state index contributed by atoms with van der Waals surface area (Å²) in [5, 5.41) is 8.58. The first-order chi connectivity index (χ1) is 28.3. The molecule has 12 heteroatoms. The Labute approximate surface area is 380 Å². The number of carbonyl (C=O) groups is 2. The quantitative estimate of drug-likeness (QED) is 0.132. The Morgan fingerprint density at radius 2 is 0.516 bits per heavy atom. The van der Waals surface area contributed by atoms with Crippen LogP contribution in [-0.2, 0) is 28.9 Å². The second kappa shape index (κ2) is 19.5. The van der Waals surface area contributed by atoms with Crippen LogP contribution in [0.1, 0.15) is 214 Å². The molecule has 4 rings (SSSR count). The molecular weight excluding hydrogens is 781 g/mol. The number of rotatable bonds is 17. The Morgan fingerprint density at radius 1 is 0.355 bits per heavy atom. The summed E-state index contributed by atoms with van der Waals surface area (Å²) < 4.78 is 0. The highest BCUT2D eigenvalue weighted by Crippen LogP contribution is 2.47. The third-order valence-electron chi connectivity index (χ3n) is 15.2. The van der Waals surface area contributed by atoms with Crippen molar-refractivity contribution in [2.45, 2.75) is 282 Å². The molecule has 0 bridgehead atoms. The molecular formula is C50H96N6O6. The van der Waals surface area contributed by atoms with Gasteiger partial charge >= 0.3 is 0 Å². The summed E-state index contributed by atoms with van der Waals surface area (Å²) in [4.78, 5) is 57.8. The largest absolute Gasteiger partial charge is 0.336 e. The Balaban J connectivity index is 1.40. The van der Waals surface area contributed by atoms with Crippen LogP contribution in [0.3, 0.4) is 0 Å². The molecule has 0 aliphatic carbocycles. The van der Waals surface area contributed by atoms with Crippen molar-refractivity contribution in [3.63, 3.8) is 0 Å². The van der Waals surface area contributed by atoms with Crippen LogP contribution in [0, 0.1) is 0 Å². The lowest BCUT2D eigenvalue weighted by Gasteiger charge is -2.59. The van der Waals surface area contributed by atoms with Crippen LogP contribution in [0.4, 0.5) is 0 Å². The summed E-state index contributed by atoms with van der Waals surface area (Å²) in [7, 11) is 7.09. The third-order valence-corrected chi connectivity index (χ3v) is 15.2. The number of amides is 2. The van der Waals surface area contributed by atoms with E-state index in [4.69, 9.17) is 19.4 Å². The summed E-state index contributed by atoms with van der Waals surface area (Å²) in [6, 6.07) is 0.485. The fraction of sp³-hybridized carbons (Fsp3) is 0.960. The van der Waals surface area contributed by atoms with Crippen LogP contribution in [0.2, 0.25) is 0 Å². The molecule has 0 saturated carbocycles. The van der Waals surface area contributed by atoms with Gasteiger partial charge in [0, 0.05) is 81.3 Å². The topological polar surface area (TPSA) is 90.5 Å². The number of carbonyl (C=O) groups excluding carboxylic acids is 2. The van der Waals surface area contributed by atoms with E-state index < -0.39 is 0 Å². The van der Waals surface area contributed by atoms with Crippen LogP contribution in [0.25, 0.3) is 0 Å². The highest BCUT2D eigenvalue weighted by molar-refractivity contribution is 5.77. The van der Waals surface area contributed by atoms with Gasteiger partial charge in [-0.25, -0.2) is 0 Å². The summed E-state index contributed by atoms with van der Waals surface area (Å²) in [5.74, 6) is 0.567. The molecule has 0 radical (unpaired) electrons. The monoisotopic (exact) mass is 877 g/mol. The van der Waals surface area contributed by atoms with Crippen molar-refractivity contribution in [1.29, 1.82) is 0 Å². The van der Waals surface area contributed by atoms with E-state index in [1.807, 2.05) is 0 Å². The minimum atomic E-state index is -0.222. The second-order valence-electron chi connectivity index (χ2n) is 24.9. The molecule has 0 atom stereocenters. The van der Waals surface area contributed by atoms with E-state index in [1.54, 1.807) is 28.4 Å². The zero-order valence-electron chi connectivity index (χ0n) is 43.8. The lowest BCUT2D eigenvalue weighted by atomic mass is 9.74. The van der Waals surface area contributed by atoms with E-state index in [-0.39, 0.29) is 80.3 Å². The number of hydroxylamine groups is 8. The van der Waals surface area contributed by atoms with Gasteiger partial charge in [-0.05, 0) is 175 Å². The number of piperidine rings is 4. The predicted molar refractivity (Wildman–Crippen MR) is 251 cm³/mol. The van der Waals surface area contributed by atoms with Gasteiger partial charge in [-0.3, -0.25) is 9.59 Å². The van der Waals surface area contributed by atoms with E-state index in [0.29, 0.717) is 12.8 Å². The minimum Gasteiger partial charge on any atom is -0.336 e. The van der Waals surface area contributed by atoms with Crippen molar-refractivity contribution in [3.05, 3.63) is 0 Å². The van der Waals surface area contributed by atoms with E-state index in [9.17, 15) is 9.59 Å². The third kappa shape index (κ3) is 11.6. The summed E-state index contributed by atoms with van der Waals surface area (Å²) in [6.45, 7) is 36.0. The molecule has 2 amide bonds. The van der Waals surface area contributed by atoms with Gasteiger partial charge in [0.15, 0.2) is 0 Å². The second-order valence-corrected chi connectivity index (χ2v) is 24.9. The first-order valence-electron chi connectivity index (χ1n) is 24.3. The van der Waals surface area contributed by atoms with Gasteiger partial charge < -0.3 is 29.2 Å². The molecule has 62 heavy (non-hydrogen) atoms. The van der Waals surface area contributed by atoms with Gasteiger partial charge in [-0.2, -0.15) is 20.3 Å². The molecule has 0 spiro atoms. The number of nitrogens with zero attached hydrogens (tertiary/aromatic N) is 6. The highest BCUT2D eigenvalue weighted by atomic mass is 16.7. The molecule has 0 aromatic rings. The molecule has 4 aliphatic rings. The zero-order valence-corrected chi connectivity index (χ0v) is 43.8. The Morgan fingerprint density at radius 3 is 0.677 bits per heavy atom. The van der Waals surface area contributed by atoms with Crippen molar-refractivity contribution >= 4 is 11.8 Å². The molecule has 0 aromatic heterocycles. The standard InChI is InChI=1S/C50H96N6O6/c1-43(2)29-37(30-44(3,4)53(43)59-17)51(38-31-45(5,6)54(60-18)46(7,8)32-38)41(57)27-25-23-21-22-24-26-28-42(58)52(39-33-47(9,10)55(61-19)48(11,12)34-39)40-35-49(13,14)56(62-20)50(15,16)36-40/h37-40H,21-36H2,1-20H3. The smallest absolute Gasteiger partial charge is 0.223 e. The Hall–Kier alpha value is -1.38. The van der Waals surface area contributed by atoms with Crippen molar-refractivity contribution in [1.82, 2.24) is 30.1 Å². The normalized spacial score (nSPS) is 27.0. The van der Waals surface area contributed by atoms with Crippen LogP contribution < -0.4 is 0 Å². The fourth-order valence-corrected chi connectivity index (χ4v) is 14.5. The van der Waals surface area contributed by atoms with Gasteiger partial charge in [0.25, 0.3) is 0 Å². The fourth-order valence-electron chi connectivity index (χ4n) is 14.5. The minimum absolute atomic E-state index is 0.121. The number of hydrogen-bond acceptors (Lipinski definition) is 10. The molecule has 362 valence electrons. The summed E-state index contributed by atoms with van der Waals surface area (Å²) in [6.07, 6.45) is 14.0. The maximum absolute atomic E-state index is 14.6. The Bertz CT molecular complexity index is 1240. The molecule has 12 nitrogen and oxygen atoms in total. The van der Waals surface area contributed by atoms with Gasteiger partial charge in [0.05, 0.1) is 28.4 Å². The van der Waals surface area contributed by atoms with Gasteiger partial charge in [-0.1, -0.05) is 25.7 Å². The van der Waals surface area contributed by atoms with Crippen LogP contribution in [-0.4, -0.2) is 139 Å².